The van der Waals surface area contributed by atoms with E-state index < -0.39 is 30.2 Å². The molecule has 0 saturated heterocycles. The number of carboxylic acid groups (broad SMARTS) is 1. The summed E-state index contributed by atoms with van der Waals surface area (Å²) < 4.78 is 29.3. The van der Waals surface area contributed by atoms with Crippen molar-refractivity contribution >= 4 is 11.9 Å². The average Bonchev–Trinajstić information content (AvgIpc) is 3.04. The Morgan fingerprint density at radius 2 is 1.88 bits per heavy atom. The Labute approximate surface area is 142 Å². The van der Waals surface area contributed by atoms with Crippen molar-refractivity contribution in [3.63, 3.8) is 0 Å². The second kappa shape index (κ2) is 7.82. The van der Waals surface area contributed by atoms with Gasteiger partial charge in [-0.3, -0.25) is 4.79 Å². The summed E-state index contributed by atoms with van der Waals surface area (Å²) in [7, 11) is 0. The lowest BCUT2D eigenvalue weighted by molar-refractivity contribution is -0.139. The molecule has 9 heteroatoms. The molecule has 1 aromatic carbocycles. The Morgan fingerprint density at radius 1 is 1.24 bits per heavy atom. The van der Waals surface area contributed by atoms with E-state index >= 15 is 0 Å². The number of carbonyl (C=O) groups excluding carboxylic acids is 1. The van der Waals surface area contributed by atoms with Crippen LogP contribution in [-0.4, -0.2) is 33.2 Å². The summed E-state index contributed by atoms with van der Waals surface area (Å²) in [6, 6.07) is 4.80. The summed E-state index contributed by atoms with van der Waals surface area (Å²) in [6.45, 7) is 3.71. The Morgan fingerprint density at radius 3 is 2.36 bits per heavy atom. The Hall–Kier alpha value is -2.84. The molecule has 2 rings (SSSR count). The molecule has 1 aromatic heterocycles. The van der Waals surface area contributed by atoms with Gasteiger partial charge in [0.1, 0.15) is 6.04 Å². The molecule has 0 unspecified atom stereocenters. The molecule has 0 fully saturated rings. The van der Waals surface area contributed by atoms with Crippen molar-refractivity contribution in [1.82, 2.24) is 15.5 Å². The minimum atomic E-state index is -2.86. The van der Waals surface area contributed by atoms with Crippen LogP contribution < -0.4 is 5.32 Å². The molecule has 0 radical (unpaired) electrons. The van der Waals surface area contributed by atoms with Gasteiger partial charge in [-0.05, 0) is 24.5 Å². The number of benzene rings is 1. The maximum absolute atomic E-state index is 12.4. The maximum atomic E-state index is 12.4. The minimum absolute atomic E-state index is 0.0227. The highest BCUT2D eigenvalue weighted by atomic mass is 19.3. The third kappa shape index (κ3) is 4.82. The van der Waals surface area contributed by atoms with E-state index in [2.05, 4.69) is 20.0 Å². The summed E-state index contributed by atoms with van der Waals surface area (Å²) in [4.78, 5) is 26.9. The van der Waals surface area contributed by atoms with Crippen molar-refractivity contribution in [3.05, 3.63) is 35.7 Å². The molecule has 0 aliphatic heterocycles. The van der Waals surface area contributed by atoms with Gasteiger partial charge in [-0.2, -0.15) is 13.8 Å². The third-order valence-electron chi connectivity index (χ3n) is 3.34. The van der Waals surface area contributed by atoms with Crippen LogP contribution in [0.1, 0.15) is 42.9 Å². The van der Waals surface area contributed by atoms with Crippen LogP contribution >= 0.6 is 0 Å². The lowest BCUT2D eigenvalue weighted by Gasteiger charge is -2.16. The van der Waals surface area contributed by atoms with Gasteiger partial charge in [0.15, 0.2) is 0 Å². The van der Waals surface area contributed by atoms with Gasteiger partial charge < -0.3 is 14.9 Å². The summed E-state index contributed by atoms with van der Waals surface area (Å²) >= 11 is 0. The molecule has 2 N–H and O–H groups in total. The van der Waals surface area contributed by atoms with Crippen molar-refractivity contribution in [2.75, 3.05) is 0 Å². The molecule has 0 aliphatic carbocycles. The number of aliphatic carboxylic acids is 1. The first-order valence-corrected chi connectivity index (χ1v) is 7.53. The van der Waals surface area contributed by atoms with Gasteiger partial charge in [-0.25, -0.2) is 4.79 Å². The summed E-state index contributed by atoms with van der Waals surface area (Å²) in [5.74, 6) is -2.35. The highest BCUT2D eigenvalue weighted by molar-refractivity contribution is 5.96. The normalized spacial score (nSPS) is 12.4. The number of carboxylic acids is 1. The predicted molar refractivity (Wildman–Crippen MR) is 83.0 cm³/mol. The molecule has 1 amide bonds. The largest absolute Gasteiger partial charge is 0.480 e. The van der Waals surface area contributed by atoms with Crippen LogP contribution in [0.25, 0.3) is 11.4 Å². The number of amides is 1. The third-order valence-corrected chi connectivity index (χ3v) is 3.34. The van der Waals surface area contributed by atoms with Crippen LogP contribution in [0.15, 0.2) is 28.8 Å². The van der Waals surface area contributed by atoms with E-state index in [1.807, 2.05) is 13.8 Å². The monoisotopic (exact) mass is 353 g/mol. The molecule has 7 nitrogen and oxygen atoms in total. The fraction of sp³-hybridized carbons (Fsp3) is 0.375. The number of hydrogen-bond acceptors (Lipinski definition) is 5. The van der Waals surface area contributed by atoms with Crippen molar-refractivity contribution < 1.29 is 28.0 Å². The van der Waals surface area contributed by atoms with Crippen LogP contribution in [0.4, 0.5) is 8.78 Å². The fourth-order valence-corrected chi connectivity index (χ4v) is 2.15. The van der Waals surface area contributed by atoms with Crippen LogP contribution in [0.3, 0.4) is 0 Å². The molecule has 0 aliphatic rings. The standard InChI is InChI=1S/C16H17F2N3O4/c1-8(2)7-11(16(23)24)19-14(22)10-5-3-9(4-6-10)13-20-15(12(17)18)25-21-13/h3-6,8,11-12H,7H2,1-2H3,(H,19,22)(H,23,24)/t11-/m0/s1. The van der Waals surface area contributed by atoms with E-state index in [4.69, 9.17) is 5.11 Å². The van der Waals surface area contributed by atoms with Crippen molar-refractivity contribution in [3.8, 4) is 11.4 Å². The van der Waals surface area contributed by atoms with E-state index in [9.17, 15) is 18.4 Å². The number of nitrogens with zero attached hydrogens (tertiary/aromatic N) is 2. The average molecular weight is 353 g/mol. The van der Waals surface area contributed by atoms with Crippen LogP contribution in [0, 0.1) is 5.92 Å². The van der Waals surface area contributed by atoms with Gasteiger partial charge in [0.2, 0.25) is 5.82 Å². The quantitative estimate of drug-likeness (QED) is 0.793. The topological polar surface area (TPSA) is 105 Å². The SMILES string of the molecule is CC(C)C[C@H](NC(=O)c1ccc(-c2noc(C(F)F)n2)cc1)C(=O)O. The molecule has 0 bridgehead atoms. The first-order valence-electron chi connectivity index (χ1n) is 7.53. The zero-order valence-corrected chi connectivity index (χ0v) is 13.6. The molecule has 1 atom stereocenters. The Kier molecular flexibility index (Phi) is 5.79. The number of carbonyl (C=O) groups is 2. The van der Waals surface area contributed by atoms with Crippen molar-refractivity contribution in [2.45, 2.75) is 32.7 Å². The van der Waals surface area contributed by atoms with E-state index in [0.29, 0.717) is 12.0 Å². The molecule has 134 valence electrons. The van der Waals surface area contributed by atoms with Gasteiger partial charge >= 0.3 is 12.4 Å². The summed E-state index contributed by atoms with van der Waals surface area (Å²) in [5.41, 5.74) is 0.625. The first-order chi connectivity index (χ1) is 11.8. The van der Waals surface area contributed by atoms with Crippen LogP contribution in [0.2, 0.25) is 0 Å². The van der Waals surface area contributed by atoms with Crippen molar-refractivity contribution in [2.24, 2.45) is 5.92 Å². The number of rotatable bonds is 7. The van der Waals surface area contributed by atoms with Gasteiger partial charge in [0, 0.05) is 11.1 Å². The number of alkyl halides is 2. The van der Waals surface area contributed by atoms with E-state index in [1.54, 1.807) is 0 Å². The van der Waals surface area contributed by atoms with Crippen LogP contribution in [0.5, 0.6) is 0 Å². The molecule has 1 heterocycles. The molecule has 0 saturated carbocycles. The first kappa shape index (κ1) is 18.5. The Balaban J connectivity index is 2.10. The fourth-order valence-electron chi connectivity index (χ4n) is 2.15. The number of hydrogen-bond donors (Lipinski definition) is 2. The number of aromatic nitrogens is 2. The highest BCUT2D eigenvalue weighted by Crippen LogP contribution is 2.21. The van der Waals surface area contributed by atoms with Crippen molar-refractivity contribution in [1.29, 1.82) is 0 Å². The molecular weight excluding hydrogens is 336 g/mol. The molecule has 2 aromatic rings. The second-order valence-electron chi connectivity index (χ2n) is 5.83. The van der Waals surface area contributed by atoms with E-state index in [1.165, 1.54) is 24.3 Å². The van der Waals surface area contributed by atoms with Gasteiger partial charge in [-0.15, -0.1) is 0 Å². The van der Waals surface area contributed by atoms with Gasteiger partial charge in [0.05, 0.1) is 0 Å². The van der Waals surface area contributed by atoms with E-state index in [-0.39, 0.29) is 17.3 Å². The maximum Gasteiger partial charge on any atom is 0.326 e. The van der Waals surface area contributed by atoms with Crippen LogP contribution in [-0.2, 0) is 4.79 Å². The predicted octanol–water partition coefficient (Wildman–Crippen LogP) is 2.90. The van der Waals surface area contributed by atoms with Gasteiger partial charge in [0.25, 0.3) is 11.8 Å². The molecule has 25 heavy (non-hydrogen) atoms. The minimum Gasteiger partial charge on any atom is -0.480 e. The van der Waals surface area contributed by atoms with E-state index in [0.717, 1.165) is 0 Å². The lowest BCUT2D eigenvalue weighted by Crippen LogP contribution is -2.41. The molecule has 0 spiro atoms. The lowest BCUT2D eigenvalue weighted by atomic mass is 10.0. The summed E-state index contributed by atoms with van der Waals surface area (Å²) in [6.07, 6.45) is -2.56. The smallest absolute Gasteiger partial charge is 0.326 e. The zero-order valence-electron chi connectivity index (χ0n) is 13.6. The Bertz CT molecular complexity index is 744. The molecular formula is C16H17F2N3O4. The summed E-state index contributed by atoms with van der Waals surface area (Å²) in [5, 5.41) is 15.1. The number of nitrogens with one attached hydrogen (secondary N) is 1. The zero-order chi connectivity index (χ0) is 18.6. The number of halogens is 2. The second-order valence-corrected chi connectivity index (χ2v) is 5.83. The van der Waals surface area contributed by atoms with Gasteiger partial charge in [-0.1, -0.05) is 31.1 Å². The highest BCUT2D eigenvalue weighted by Gasteiger charge is 2.22.